The lowest BCUT2D eigenvalue weighted by molar-refractivity contribution is 0.377. The van der Waals surface area contributed by atoms with Gasteiger partial charge in [0.05, 0.1) is 0 Å². The van der Waals surface area contributed by atoms with Crippen LogP contribution >= 0.6 is 0 Å². The number of benzene rings is 1. The molecule has 0 atom stereocenters. The Morgan fingerprint density at radius 2 is 1.82 bits per heavy atom. The maximum Gasteiger partial charge on any atom is 0.0398 e. The number of nitrogens with zero attached hydrogens (tertiary/aromatic N) is 1. The Morgan fingerprint density at radius 3 is 2.47 bits per heavy atom. The molecule has 17 heavy (non-hydrogen) atoms. The maximum atomic E-state index is 5.84. The predicted octanol–water partition coefficient (Wildman–Crippen LogP) is 2.81. The lowest BCUT2D eigenvalue weighted by Gasteiger charge is -2.27. The van der Waals surface area contributed by atoms with Crippen molar-refractivity contribution in [3.63, 3.8) is 0 Å². The highest BCUT2D eigenvalue weighted by atomic mass is 15.1. The summed E-state index contributed by atoms with van der Waals surface area (Å²) in [4.78, 5) is 2.52. The average molecular weight is 232 g/mol. The summed E-state index contributed by atoms with van der Waals surface area (Å²) in [6.45, 7) is 7.64. The van der Waals surface area contributed by atoms with Gasteiger partial charge in [-0.3, -0.25) is 0 Å². The van der Waals surface area contributed by atoms with E-state index >= 15 is 0 Å². The van der Waals surface area contributed by atoms with Gasteiger partial charge in [-0.25, -0.2) is 0 Å². The van der Waals surface area contributed by atoms with Crippen LogP contribution in [0.1, 0.15) is 32.3 Å². The van der Waals surface area contributed by atoms with Crippen LogP contribution < -0.4 is 10.6 Å². The van der Waals surface area contributed by atoms with Crippen molar-refractivity contribution >= 4 is 5.69 Å². The van der Waals surface area contributed by atoms with E-state index in [-0.39, 0.29) is 5.41 Å². The first-order chi connectivity index (χ1) is 8.12. The molecule has 2 N–H and O–H groups in total. The van der Waals surface area contributed by atoms with Crippen LogP contribution in [0.15, 0.2) is 24.3 Å². The molecule has 0 aliphatic carbocycles. The molecule has 2 heteroatoms. The summed E-state index contributed by atoms with van der Waals surface area (Å²) >= 11 is 0. The van der Waals surface area contributed by atoms with Crippen molar-refractivity contribution < 1.29 is 0 Å². The van der Waals surface area contributed by atoms with E-state index in [0.717, 1.165) is 13.0 Å². The minimum Gasteiger partial charge on any atom is -0.371 e. The van der Waals surface area contributed by atoms with E-state index in [1.165, 1.54) is 37.2 Å². The highest BCUT2D eigenvalue weighted by molar-refractivity contribution is 5.54. The van der Waals surface area contributed by atoms with Gasteiger partial charge in [-0.2, -0.15) is 0 Å². The van der Waals surface area contributed by atoms with Crippen LogP contribution in [0.5, 0.6) is 0 Å². The minimum atomic E-state index is 0.190. The molecule has 1 fully saturated rings. The third kappa shape index (κ3) is 3.01. The van der Waals surface area contributed by atoms with Gasteiger partial charge in [-0.1, -0.05) is 32.0 Å². The molecule has 0 amide bonds. The minimum absolute atomic E-state index is 0.190. The van der Waals surface area contributed by atoms with Crippen LogP contribution in [-0.2, 0) is 6.42 Å². The Kier molecular flexibility index (Phi) is 3.72. The zero-order valence-corrected chi connectivity index (χ0v) is 11.1. The second-order valence-corrected chi connectivity index (χ2v) is 5.87. The van der Waals surface area contributed by atoms with E-state index in [4.69, 9.17) is 5.73 Å². The molecular weight excluding hydrogens is 208 g/mol. The Bertz CT molecular complexity index is 365. The first kappa shape index (κ1) is 12.4. The summed E-state index contributed by atoms with van der Waals surface area (Å²) in [6.07, 6.45) is 3.72. The van der Waals surface area contributed by atoms with Gasteiger partial charge in [-0.15, -0.1) is 0 Å². The van der Waals surface area contributed by atoms with Crippen LogP contribution in [0.2, 0.25) is 0 Å². The molecule has 94 valence electrons. The molecule has 1 saturated heterocycles. The molecule has 2 nitrogen and oxygen atoms in total. The summed E-state index contributed by atoms with van der Waals surface area (Å²) < 4.78 is 0. The van der Waals surface area contributed by atoms with Crippen molar-refractivity contribution in [3.8, 4) is 0 Å². The molecule has 1 aliphatic heterocycles. The molecule has 1 aromatic rings. The van der Waals surface area contributed by atoms with Gasteiger partial charge in [0.25, 0.3) is 0 Å². The maximum absolute atomic E-state index is 5.84. The third-order valence-corrected chi connectivity index (χ3v) is 3.66. The largest absolute Gasteiger partial charge is 0.371 e. The van der Waals surface area contributed by atoms with Crippen molar-refractivity contribution in [2.24, 2.45) is 11.1 Å². The average Bonchev–Trinajstić information content (AvgIpc) is 2.83. The van der Waals surface area contributed by atoms with E-state index in [1.54, 1.807) is 0 Å². The summed E-state index contributed by atoms with van der Waals surface area (Å²) in [5.41, 5.74) is 8.91. The standard InChI is InChI=1S/C15H24N2/c1-15(2,12-16)11-13-7-3-4-8-14(13)17-9-5-6-10-17/h3-4,7-8H,5-6,9-12,16H2,1-2H3. The van der Waals surface area contributed by atoms with Crippen molar-refractivity contribution in [2.75, 3.05) is 24.5 Å². The van der Waals surface area contributed by atoms with Crippen LogP contribution in [0, 0.1) is 5.41 Å². The van der Waals surface area contributed by atoms with Crippen molar-refractivity contribution in [2.45, 2.75) is 33.1 Å². The molecule has 2 rings (SSSR count). The first-order valence-electron chi connectivity index (χ1n) is 6.65. The van der Waals surface area contributed by atoms with Gasteiger partial charge in [0, 0.05) is 18.8 Å². The molecule has 0 unspecified atom stereocenters. The van der Waals surface area contributed by atoms with E-state index in [1.807, 2.05) is 0 Å². The molecule has 0 bridgehead atoms. The van der Waals surface area contributed by atoms with Crippen molar-refractivity contribution in [1.29, 1.82) is 0 Å². The van der Waals surface area contributed by atoms with Crippen LogP contribution in [0.4, 0.5) is 5.69 Å². The van der Waals surface area contributed by atoms with Crippen LogP contribution in [0.3, 0.4) is 0 Å². The monoisotopic (exact) mass is 232 g/mol. The van der Waals surface area contributed by atoms with Crippen LogP contribution in [0.25, 0.3) is 0 Å². The molecule has 1 heterocycles. The summed E-state index contributed by atoms with van der Waals surface area (Å²) in [7, 11) is 0. The fourth-order valence-electron chi connectivity index (χ4n) is 2.51. The number of hydrogen-bond donors (Lipinski definition) is 1. The third-order valence-electron chi connectivity index (χ3n) is 3.66. The molecule has 0 spiro atoms. The second kappa shape index (κ2) is 5.09. The van der Waals surface area contributed by atoms with Gasteiger partial charge in [-0.05, 0) is 42.9 Å². The lowest BCUT2D eigenvalue weighted by atomic mass is 9.85. The number of para-hydroxylation sites is 1. The van der Waals surface area contributed by atoms with Gasteiger partial charge >= 0.3 is 0 Å². The van der Waals surface area contributed by atoms with Crippen LogP contribution in [-0.4, -0.2) is 19.6 Å². The Balaban J connectivity index is 2.21. The second-order valence-electron chi connectivity index (χ2n) is 5.87. The quantitative estimate of drug-likeness (QED) is 0.865. The smallest absolute Gasteiger partial charge is 0.0398 e. The molecule has 0 saturated carbocycles. The molecular formula is C15H24N2. The number of nitrogens with two attached hydrogens (primary N) is 1. The van der Waals surface area contributed by atoms with Crippen molar-refractivity contribution in [3.05, 3.63) is 29.8 Å². The topological polar surface area (TPSA) is 29.3 Å². The molecule has 0 radical (unpaired) electrons. The highest BCUT2D eigenvalue weighted by Crippen LogP contribution is 2.29. The van der Waals surface area contributed by atoms with Gasteiger partial charge in [0.15, 0.2) is 0 Å². The zero-order chi connectivity index (χ0) is 12.3. The number of rotatable bonds is 4. The van der Waals surface area contributed by atoms with Gasteiger partial charge in [0.1, 0.15) is 0 Å². The SMILES string of the molecule is CC(C)(CN)Cc1ccccc1N1CCCC1. The molecule has 1 aliphatic rings. The Morgan fingerprint density at radius 1 is 1.18 bits per heavy atom. The summed E-state index contributed by atoms with van der Waals surface area (Å²) in [5.74, 6) is 0. The zero-order valence-electron chi connectivity index (χ0n) is 11.1. The van der Waals surface area contributed by atoms with E-state index < -0.39 is 0 Å². The van der Waals surface area contributed by atoms with E-state index in [0.29, 0.717) is 0 Å². The highest BCUT2D eigenvalue weighted by Gasteiger charge is 2.21. The van der Waals surface area contributed by atoms with Gasteiger partial charge in [0.2, 0.25) is 0 Å². The fraction of sp³-hybridized carbons (Fsp3) is 0.600. The Hall–Kier alpha value is -1.02. The van der Waals surface area contributed by atoms with Gasteiger partial charge < -0.3 is 10.6 Å². The van der Waals surface area contributed by atoms with Crippen molar-refractivity contribution in [1.82, 2.24) is 0 Å². The normalized spacial score (nSPS) is 16.5. The summed E-state index contributed by atoms with van der Waals surface area (Å²) in [5, 5.41) is 0. The summed E-state index contributed by atoms with van der Waals surface area (Å²) in [6, 6.07) is 8.80. The predicted molar refractivity (Wildman–Crippen MR) is 74.4 cm³/mol. The lowest BCUT2D eigenvalue weighted by Crippen LogP contribution is -2.27. The Labute approximate surface area is 105 Å². The number of anilines is 1. The molecule has 0 aromatic heterocycles. The molecule has 1 aromatic carbocycles. The fourth-order valence-corrected chi connectivity index (χ4v) is 2.51. The first-order valence-corrected chi connectivity index (χ1v) is 6.65. The van der Waals surface area contributed by atoms with E-state index in [9.17, 15) is 0 Å². The van der Waals surface area contributed by atoms with E-state index in [2.05, 4.69) is 43.0 Å². The number of hydrogen-bond acceptors (Lipinski definition) is 2.